The van der Waals surface area contributed by atoms with E-state index in [9.17, 15) is 15.0 Å². The number of aliphatic hydroxyl groups excluding tert-OH is 1. The standard InChI is InChI=1S/C20H30O3/c1-18-7-3-8-19(2,17(22)23)15(18)6-9-20-10-13(4-5-16(18)20)14(11-20)12-21/h11,13,15-16,21H,3-10,12H2,1-2H3,(H,22,23)/t13?,15?,16?,18-,19-,20?/m0/s1. The van der Waals surface area contributed by atoms with Gasteiger partial charge in [-0.05, 0) is 86.0 Å². The highest BCUT2D eigenvalue weighted by molar-refractivity contribution is 5.75. The lowest BCUT2D eigenvalue weighted by atomic mass is 9.41. The molecule has 4 unspecified atom stereocenters. The number of hydrogen-bond acceptors (Lipinski definition) is 2. The van der Waals surface area contributed by atoms with Gasteiger partial charge in [0.1, 0.15) is 0 Å². The maximum Gasteiger partial charge on any atom is 0.309 e. The van der Waals surface area contributed by atoms with Crippen LogP contribution in [-0.4, -0.2) is 22.8 Å². The second-order valence-corrected chi connectivity index (χ2v) is 9.31. The van der Waals surface area contributed by atoms with E-state index in [1.807, 2.05) is 6.92 Å². The number of fused-ring (bicyclic) bond motifs is 3. The Bertz CT molecular complexity index is 567. The summed E-state index contributed by atoms with van der Waals surface area (Å²) in [5.41, 5.74) is 1.12. The molecule has 0 aliphatic heterocycles. The van der Waals surface area contributed by atoms with Crippen molar-refractivity contribution in [3.63, 3.8) is 0 Å². The van der Waals surface area contributed by atoms with E-state index in [1.54, 1.807) is 0 Å². The normalized spacial score (nSPS) is 51.6. The number of carboxylic acid groups (broad SMARTS) is 1. The number of carboxylic acids is 1. The Morgan fingerprint density at radius 1 is 1.17 bits per heavy atom. The Hall–Kier alpha value is -0.830. The van der Waals surface area contributed by atoms with Gasteiger partial charge in [-0.3, -0.25) is 4.79 Å². The van der Waals surface area contributed by atoms with Gasteiger partial charge in [0.15, 0.2) is 0 Å². The SMILES string of the molecule is C[C@]12CCC[C@](C)(C(=O)O)C1CCC13C=C(CO)C(CCC12)C3. The van der Waals surface area contributed by atoms with Crippen LogP contribution in [0.4, 0.5) is 0 Å². The maximum absolute atomic E-state index is 12.0. The quantitative estimate of drug-likeness (QED) is 0.756. The Kier molecular flexibility index (Phi) is 3.30. The van der Waals surface area contributed by atoms with Gasteiger partial charge in [0.05, 0.1) is 12.0 Å². The summed E-state index contributed by atoms with van der Waals surface area (Å²) < 4.78 is 0. The second kappa shape index (κ2) is 4.84. The third-order valence-corrected chi connectivity index (χ3v) is 8.46. The summed E-state index contributed by atoms with van der Waals surface area (Å²) in [6.45, 7) is 4.62. The third kappa shape index (κ3) is 1.89. The third-order valence-electron chi connectivity index (χ3n) is 8.46. The van der Waals surface area contributed by atoms with Gasteiger partial charge < -0.3 is 10.2 Å². The first-order valence-corrected chi connectivity index (χ1v) is 9.42. The van der Waals surface area contributed by atoms with Gasteiger partial charge in [-0.25, -0.2) is 0 Å². The molecule has 0 aromatic carbocycles. The van der Waals surface area contributed by atoms with E-state index in [-0.39, 0.29) is 17.4 Å². The zero-order valence-corrected chi connectivity index (χ0v) is 14.5. The monoisotopic (exact) mass is 318 g/mol. The van der Waals surface area contributed by atoms with Gasteiger partial charge in [0.2, 0.25) is 0 Å². The Balaban J connectivity index is 1.75. The topological polar surface area (TPSA) is 57.5 Å². The minimum absolute atomic E-state index is 0.149. The molecule has 128 valence electrons. The van der Waals surface area contributed by atoms with Crippen molar-refractivity contribution in [1.82, 2.24) is 0 Å². The lowest BCUT2D eigenvalue weighted by Crippen LogP contribution is -2.58. The fraction of sp³-hybridized carbons (Fsp3) is 0.850. The van der Waals surface area contributed by atoms with E-state index in [1.165, 1.54) is 31.3 Å². The lowest BCUT2D eigenvalue weighted by Gasteiger charge is -2.63. The summed E-state index contributed by atoms with van der Waals surface area (Å²) in [4.78, 5) is 12.0. The van der Waals surface area contributed by atoms with Crippen LogP contribution in [0.2, 0.25) is 0 Å². The smallest absolute Gasteiger partial charge is 0.309 e. The molecule has 0 radical (unpaired) electrons. The molecule has 4 aliphatic carbocycles. The van der Waals surface area contributed by atoms with Crippen LogP contribution in [0.25, 0.3) is 0 Å². The summed E-state index contributed by atoms with van der Waals surface area (Å²) in [6, 6.07) is 0. The molecule has 4 rings (SSSR count). The fourth-order valence-corrected chi connectivity index (χ4v) is 7.48. The molecule has 3 nitrogen and oxygen atoms in total. The van der Waals surface area contributed by atoms with E-state index in [0.717, 1.165) is 25.7 Å². The van der Waals surface area contributed by atoms with Crippen molar-refractivity contribution < 1.29 is 15.0 Å². The van der Waals surface area contributed by atoms with Crippen molar-refractivity contribution in [2.24, 2.45) is 34.0 Å². The van der Waals surface area contributed by atoms with E-state index < -0.39 is 11.4 Å². The summed E-state index contributed by atoms with van der Waals surface area (Å²) in [6.07, 6.45) is 11.3. The fourth-order valence-electron chi connectivity index (χ4n) is 7.48. The lowest BCUT2D eigenvalue weighted by molar-refractivity contribution is -0.177. The molecular formula is C20H30O3. The molecule has 3 saturated carbocycles. The molecule has 0 amide bonds. The highest BCUT2D eigenvalue weighted by atomic mass is 16.4. The van der Waals surface area contributed by atoms with Crippen LogP contribution < -0.4 is 0 Å². The number of carbonyl (C=O) groups is 1. The number of aliphatic carboxylic acids is 1. The van der Waals surface area contributed by atoms with Crippen molar-refractivity contribution in [3.8, 4) is 0 Å². The average molecular weight is 318 g/mol. The van der Waals surface area contributed by atoms with E-state index >= 15 is 0 Å². The number of allylic oxidation sites excluding steroid dienone is 1. The molecule has 3 heteroatoms. The first kappa shape index (κ1) is 15.7. The Labute approximate surface area is 139 Å². The largest absolute Gasteiger partial charge is 0.481 e. The van der Waals surface area contributed by atoms with Gasteiger partial charge in [0.25, 0.3) is 0 Å². The minimum Gasteiger partial charge on any atom is -0.481 e. The molecule has 2 N–H and O–H groups in total. The van der Waals surface area contributed by atoms with Crippen molar-refractivity contribution in [2.45, 2.75) is 65.2 Å². The molecule has 3 fully saturated rings. The molecule has 0 saturated heterocycles. The molecule has 4 aliphatic rings. The average Bonchev–Trinajstić information content (AvgIpc) is 2.77. The van der Waals surface area contributed by atoms with E-state index in [4.69, 9.17) is 0 Å². The molecule has 0 aromatic heterocycles. The Morgan fingerprint density at radius 2 is 1.96 bits per heavy atom. The zero-order valence-electron chi connectivity index (χ0n) is 14.5. The number of hydrogen-bond donors (Lipinski definition) is 2. The van der Waals surface area contributed by atoms with Gasteiger partial charge in [-0.2, -0.15) is 0 Å². The van der Waals surface area contributed by atoms with Gasteiger partial charge in [-0.15, -0.1) is 0 Å². The van der Waals surface area contributed by atoms with Gasteiger partial charge in [-0.1, -0.05) is 19.4 Å². The molecule has 0 heterocycles. The van der Waals surface area contributed by atoms with Crippen LogP contribution in [0, 0.1) is 34.0 Å². The van der Waals surface area contributed by atoms with Gasteiger partial charge >= 0.3 is 5.97 Å². The predicted molar refractivity (Wildman–Crippen MR) is 88.9 cm³/mol. The predicted octanol–water partition coefficient (Wildman–Crippen LogP) is 4.01. The highest BCUT2D eigenvalue weighted by Gasteiger charge is 2.64. The molecular weight excluding hydrogens is 288 g/mol. The molecule has 23 heavy (non-hydrogen) atoms. The number of aliphatic hydroxyl groups is 1. The van der Waals surface area contributed by atoms with Crippen molar-refractivity contribution in [2.75, 3.05) is 6.61 Å². The van der Waals surface area contributed by atoms with Crippen LogP contribution >= 0.6 is 0 Å². The second-order valence-electron chi connectivity index (χ2n) is 9.31. The molecule has 6 atom stereocenters. The van der Waals surface area contributed by atoms with Crippen LogP contribution in [-0.2, 0) is 4.79 Å². The molecule has 1 spiro atoms. The van der Waals surface area contributed by atoms with Crippen molar-refractivity contribution >= 4 is 5.97 Å². The van der Waals surface area contributed by atoms with E-state index in [2.05, 4.69) is 13.0 Å². The number of rotatable bonds is 2. The summed E-state index contributed by atoms with van der Waals surface area (Å²) in [5, 5.41) is 19.6. The first-order valence-electron chi connectivity index (χ1n) is 9.42. The van der Waals surface area contributed by atoms with Crippen LogP contribution in [0.1, 0.15) is 65.2 Å². The van der Waals surface area contributed by atoms with Crippen LogP contribution in [0.3, 0.4) is 0 Å². The van der Waals surface area contributed by atoms with Crippen LogP contribution in [0.15, 0.2) is 11.6 Å². The van der Waals surface area contributed by atoms with E-state index in [0.29, 0.717) is 17.8 Å². The van der Waals surface area contributed by atoms with Crippen molar-refractivity contribution in [3.05, 3.63) is 11.6 Å². The zero-order chi connectivity index (χ0) is 16.5. The summed E-state index contributed by atoms with van der Waals surface area (Å²) in [7, 11) is 0. The molecule has 0 aromatic rings. The summed E-state index contributed by atoms with van der Waals surface area (Å²) in [5.74, 6) is 0.912. The van der Waals surface area contributed by atoms with Gasteiger partial charge in [0, 0.05) is 0 Å². The van der Waals surface area contributed by atoms with Crippen molar-refractivity contribution in [1.29, 1.82) is 0 Å². The van der Waals surface area contributed by atoms with Crippen LogP contribution in [0.5, 0.6) is 0 Å². The maximum atomic E-state index is 12.0. The highest BCUT2D eigenvalue weighted by Crippen LogP contribution is 2.70. The molecule has 2 bridgehead atoms. The Morgan fingerprint density at radius 3 is 2.65 bits per heavy atom. The summed E-state index contributed by atoms with van der Waals surface area (Å²) >= 11 is 0. The minimum atomic E-state index is -0.587. The first-order chi connectivity index (χ1) is 10.9.